The summed E-state index contributed by atoms with van der Waals surface area (Å²) in [6, 6.07) is 9.99. The molecule has 2 aliphatic carbocycles. The summed E-state index contributed by atoms with van der Waals surface area (Å²) < 4.78 is 63.9. The fourth-order valence-corrected chi connectivity index (χ4v) is 10.7. The zero-order valence-corrected chi connectivity index (χ0v) is 33.4. The van der Waals surface area contributed by atoms with Crippen LogP contribution in [0.4, 0.5) is 0 Å². The monoisotopic (exact) mass is 810 g/mol. The number of hydrogen-bond acceptors (Lipinski definition) is 10. The Morgan fingerprint density at radius 1 is 0.660 bits per heavy atom. The Hall–Kier alpha value is -1.90. The molecule has 0 aromatic heterocycles. The van der Waals surface area contributed by atoms with Crippen LogP contribution in [0.15, 0.2) is 48.6 Å². The van der Waals surface area contributed by atoms with Gasteiger partial charge in [0.2, 0.25) is 0 Å². The third-order valence-corrected chi connectivity index (χ3v) is 13.4. The van der Waals surface area contributed by atoms with Crippen LogP contribution in [0.3, 0.4) is 0 Å². The third-order valence-electron chi connectivity index (χ3n) is 10.1. The van der Waals surface area contributed by atoms with E-state index in [-0.39, 0.29) is 10.0 Å². The second-order valence-electron chi connectivity index (χ2n) is 13.8. The van der Waals surface area contributed by atoms with Gasteiger partial charge in [-0.15, -0.1) is 0 Å². The van der Waals surface area contributed by atoms with E-state index >= 15 is 0 Å². The second kappa shape index (κ2) is 14.9. The predicted octanol–water partition coefficient (Wildman–Crippen LogP) is 6.09. The van der Waals surface area contributed by atoms with Gasteiger partial charge in [-0.1, -0.05) is 71.4 Å². The van der Waals surface area contributed by atoms with Gasteiger partial charge in [-0.25, -0.2) is 26.4 Å². The number of likely N-dealkylation sites (N-methyl/N-ethyl adjacent to an activating group) is 2. The van der Waals surface area contributed by atoms with Crippen LogP contribution in [0.25, 0.3) is 0 Å². The van der Waals surface area contributed by atoms with E-state index < -0.39 is 65.4 Å². The average Bonchev–Trinajstić information content (AvgIpc) is 2.92. The fraction of sp³-hybridized carbons (Fsp3) is 0.529. The number of ether oxygens (including phenoxy) is 2. The van der Waals surface area contributed by atoms with E-state index in [1.54, 1.807) is 74.4 Å². The maximum atomic E-state index is 13.7. The first kappa shape index (κ1) is 40.9. The van der Waals surface area contributed by atoms with E-state index in [4.69, 9.17) is 55.9 Å². The third kappa shape index (κ3) is 7.88. The van der Waals surface area contributed by atoms with Gasteiger partial charge in [0.15, 0.2) is 31.1 Å². The molecular formula is C34H42Cl4N2O8S2. The highest BCUT2D eigenvalue weighted by Gasteiger charge is 2.63. The smallest absolute Gasteiger partial charge is 0.332 e. The molecule has 16 heteroatoms. The molecule has 0 radical (unpaired) electrons. The van der Waals surface area contributed by atoms with Crippen LogP contribution in [-0.2, 0) is 49.6 Å². The van der Waals surface area contributed by atoms with Crippen molar-refractivity contribution in [3.05, 3.63) is 79.8 Å². The summed E-state index contributed by atoms with van der Waals surface area (Å²) in [5, 5.41) is 1.16. The normalized spacial score (nSPS) is 19.7. The summed E-state index contributed by atoms with van der Waals surface area (Å²) in [5.74, 6) is -3.12. The highest BCUT2D eigenvalue weighted by molar-refractivity contribution is 7.91. The Bertz CT molecular complexity index is 1760. The molecule has 2 unspecified atom stereocenters. The molecule has 4 rings (SSSR count). The van der Waals surface area contributed by atoms with Crippen molar-refractivity contribution >= 4 is 78.0 Å². The SMILES string of the molecule is CN(C)C(CS(C)(=O)=O)(OC(=O)/C=C\C(=O)OC(CS(C)(=O)=O)(N(C)C)C1(c2ccc(Cl)c(Cl)c2)CCC1)C1(c2ccc(Cl)c(Cl)c2)CCC1. The molecule has 10 nitrogen and oxygen atoms in total. The van der Waals surface area contributed by atoms with Crippen LogP contribution in [0.2, 0.25) is 20.1 Å². The zero-order valence-electron chi connectivity index (χ0n) is 28.8. The molecule has 0 spiro atoms. The summed E-state index contributed by atoms with van der Waals surface area (Å²) in [7, 11) is -1.05. The van der Waals surface area contributed by atoms with Crippen LogP contribution in [-0.4, -0.2) is 102 Å². The first-order chi connectivity index (χ1) is 23.0. The maximum absolute atomic E-state index is 13.7. The van der Waals surface area contributed by atoms with E-state index in [1.807, 2.05) is 0 Å². The van der Waals surface area contributed by atoms with Gasteiger partial charge in [0.05, 0.1) is 30.9 Å². The molecule has 2 atom stereocenters. The number of carbonyl (C=O) groups is 2. The molecule has 2 aromatic rings. The molecule has 0 amide bonds. The Morgan fingerprint density at radius 2 is 0.980 bits per heavy atom. The maximum Gasteiger partial charge on any atom is 0.332 e. The number of esters is 2. The molecule has 0 saturated heterocycles. The number of hydrogen-bond donors (Lipinski definition) is 0. The lowest BCUT2D eigenvalue weighted by Crippen LogP contribution is -2.68. The molecular weight excluding hydrogens is 770 g/mol. The predicted molar refractivity (Wildman–Crippen MR) is 198 cm³/mol. The first-order valence-electron chi connectivity index (χ1n) is 15.8. The van der Waals surface area contributed by atoms with Crippen molar-refractivity contribution in [1.29, 1.82) is 0 Å². The first-order valence-corrected chi connectivity index (χ1v) is 21.4. The molecule has 0 N–H and O–H groups in total. The van der Waals surface area contributed by atoms with Crippen molar-refractivity contribution in [3.63, 3.8) is 0 Å². The van der Waals surface area contributed by atoms with Crippen molar-refractivity contribution in [1.82, 2.24) is 9.80 Å². The minimum Gasteiger partial charge on any atom is -0.438 e. The molecule has 2 aliphatic rings. The lowest BCUT2D eigenvalue weighted by atomic mass is 9.58. The van der Waals surface area contributed by atoms with Gasteiger partial charge < -0.3 is 9.47 Å². The minimum atomic E-state index is -3.76. The van der Waals surface area contributed by atoms with Crippen LogP contribution in [0, 0.1) is 0 Å². The summed E-state index contributed by atoms with van der Waals surface area (Å²) in [4.78, 5) is 30.4. The summed E-state index contributed by atoms with van der Waals surface area (Å²) in [5.41, 5.74) is -4.09. The Morgan fingerprint density at radius 3 is 1.20 bits per heavy atom. The zero-order chi connectivity index (χ0) is 37.5. The topological polar surface area (TPSA) is 127 Å². The number of carbonyl (C=O) groups excluding carboxylic acids is 2. The fourth-order valence-electron chi connectivity index (χ4n) is 7.53. The van der Waals surface area contributed by atoms with Crippen LogP contribution in [0.1, 0.15) is 49.7 Å². The standard InChI is InChI=1S/C34H42Cl4N2O8S2/c1-39(2)33(21-49(5,43)44,31(15-7-16-31)23-9-11-25(35)27(37)19-23)47-29(41)13-14-30(42)48-34(40(3)4,22-50(6,45)46)32(17-8-18-32)24-10-12-26(36)28(38)20-24/h9-14,19-20H,7-8,15-18,21-22H2,1-6H3/b14-13-. The Labute approximate surface area is 314 Å². The van der Waals surface area contributed by atoms with E-state index in [9.17, 15) is 26.4 Å². The quantitative estimate of drug-likeness (QED) is 0.126. The van der Waals surface area contributed by atoms with Gasteiger partial charge in [-0.3, -0.25) is 9.80 Å². The van der Waals surface area contributed by atoms with Gasteiger partial charge >= 0.3 is 11.9 Å². The molecule has 2 saturated carbocycles. The van der Waals surface area contributed by atoms with Crippen molar-refractivity contribution in [2.75, 3.05) is 52.2 Å². The lowest BCUT2D eigenvalue weighted by Gasteiger charge is -2.57. The Balaban J connectivity index is 1.73. The molecule has 276 valence electrons. The molecule has 2 aromatic carbocycles. The molecule has 50 heavy (non-hydrogen) atoms. The number of sulfone groups is 2. The van der Waals surface area contributed by atoms with Crippen LogP contribution < -0.4 is 0 Å². The van der Waals surface area contributed by atoms with E-state index in [0.29, 0.717) is 46.9 Å². The molecule has 0 aliphatic heterocycles. The highest BCUT2D eigenvalue weighted by Crippen LogP contribution is 2.56. The van der Waals surface area contributed by atoms with Gasteiger partial charge in [-0.05, 0) is 89.3 Å². The van der Waals surface area contributed by atoms with Crippen LogP contribution in [0.5, 0.6) is 0 Å². The minimum absolute atomic E-state index is 0.264. The van der Waals surface area contributed by atoms with Gasteiger partial charge in [0, 0.05) is 24.7 Å². The van der Waals surface area contributed by atoms with Gasteiger partial charge in [-0.2, -0.15) is 0 Å². The summed E-state index contributed by atoms with van der Waals surface area (Å²) >= 11 is 25.2. The number of halogens is 4. The molecule has 0 heterocycles. The van der Waals surface area contributed by atoms with E-state index in [1.165, 1.54) is 0 Å². The van der Waals surface area contributed by atoms with Crippen molar-refractivity contribution in [2.45, 2.75) is 60.8 Å². The van der Waals surface area contributed by atoms with Crippen molar-refractivity contribution < 1.29 is 35.9 Å². The van der Waals surface area contributed by atoms with Crippen LogP contribution >= 0.6 is 46.4 Å². The number of nitrogens with zero attached hydrogens (tertiary/aromatic N) is 2. The summed E-state index contributed by atoms with van der Waals surface area (Å²) in [6.45, 7) is 0. The lowest BCUT2D eigenvalue weighted by molar-refractivity contribution is -0.200. The molecule has 0 bridgehead atoms. The second-order valence-corrected chi connectivity index (χ2v) is 19.7. The average molecular weight is 813 g/mol. The highest BCUT2D eigenvalue weighted by atomic mass is 35.5. The largest absolute Gasteiger partial charge is 0.438 e. The van der Waals surface area contributed by atoms with Crippen molar-refractivity contribution in [3.8, 4) is 0 Å². The van der Waals surface area contributed by atoms with Gasteiger partial charge in [0.25, 0.3) is 0 Å². The van der Waals surface area contributed by atoms with Crippen molar-refractivity contribution in [2.24, 2.45) is 0 Å². The van der Waals surface area contributed by atoms with E-state index in [2.05, 4.69) is 0 Å². The number of benzene rings is 2. The van der Waals surface area contributed by atoms with Gasteiger partial charge in [0.1, 0.15) is 11.5 Å². The number of rotatable bonds is 14. The Kier molecular flexibility index (Phi) is 12.1. The summed E-state index contributed by atoms with van der Waals surface area (Å²) in [6.07, 6.45) is 7.20. The van der Waals surface area contributed by atoms with E-state index in [0.717, 1.165) is 37.5 Å². The molecule has 2 fully saturated rings.